The van der Waals surface area contributed by atoms with Gasteiger partial charge in [-0.1, -0.05) is 38.4 Å². The van der Waals surface area contributed by atoms with Gasteiger partial charge in [0.05, 0.1) is 0 Å². The second kappa shape index (κ2) is 3.88. The first-order valence-corrected chi connectivity index (χ1v) is 3.42. The van der Waals surface area contributed by atoms with Gasteiger partial charge in [-0.2, -0.15) is 0 Å². The zero-order valence-electron chi connectivity index (χ0n) is 3.25. The van der Waals surface area contributed by atoms with E-state index in [0.717, 1.165) is 9.81 Å². The van der Waals surface area contributed by atoms with E-state index in [2.05, 4.69) is 38.4 Å². The van der Waals surface area contributed by atoms with Gasteiger partial charge in [0.2, 0.25) is 0 Å². The number of allylic oxidation sites excluding steroid dienone is 1. The van der Waals surface area contributed by atoms with Crippen LogP contribution >= 0.6 is 31.9 Å². The molecule has 0 aromatic heterocycles. The summed E-state index contributed by atoms with van der Waals surface area (Å²) >= 11 is 6.36. The molecule has 1 radical (unpaired) electrons. The Morgan fingerprint density at radius 1 is 1.83 bits per heavy atom. The molecule has 0 bridgehead atoms. The van der Waals surface area contributed by atoms with Crippen LogP contribution in [0, 0.1) is 6.42 Å². The molecule has 35 valence electrons. The summed E-state index contributed by atoms with van der Waals surface area (Å²) in [6.45, 7) is 3.58. The molecule has 0 atom stereocenters. The summed E-state index contributed by atoms with van der Waals surface area (Å²) < 4.78 is 0.930. The van der Waals surface area contributed by atoms with Crippen LogP contribution in [-0.2, 0) is 0 Å². The number of hydrogen-bond donors (Lipinski definition) is 0. The average Bonchev–Trinajstić information content (AvgIpc) is 1.35. The van der Waals surface area contributed by atoms with E-state index in [1.165, 1.54) is 0 Å². The molecule has 0 aliphatic rings. The standard InChI is InChI=1S/C4H5Br2/c1-4(6)2-3-5/h2H,1,3H2. The Morgan fingerprint density at radius 3 is 2.33 bits per heavy atom. The van der Waals surface area contributed by atoms with Crippen LogP contribution in [0.3, 0.4) is 0 Å². The Labute approximate surface area is 54.9 Å². The molecular formula is C4H5Br2. The van der Waals surface area contributed by atoms with E-state index >= 15 is 0 Å². The van der Waals surface area contributed by atoms with Gasteiger partial charge in [0.25, 0.3) is 0 Å². The zero-order valence-corrected chi connectivity index (χ0v) is 6.42. The van der Waals surface area contributed by atoms with Crippen molar-refractivity contribution in [2.24, 2.45) is 0 Å². The lowest BCUT2D eigenvalue weighted by molar-refractivity contribution is 1.60. The minimum atomic E-state index is 0.872. The third-order valence-corrected chi connectivity index (χ3v) is 0.946. The SMILES string of the molecule is C=C(Br)[CH]CBr. The predicted molar refractivity (Wildman–Crippen MR) is 36.2 cm³/mol. The van der Waals surface area contributed by atoms with E-state index in [9.17, 15) is 0 Å². The second-order valence-corrected chi connectivity index (χ2v) is 2.47. The maximum Gasteiger partial charge on any atom is 0.0111 e. The number of halogens is 2. The third kappa shape index (κ3) is 4.70. The predicted octanol–water partition coefficient (Wildman–Crippen LogP) is 2.49. The summed E-state index contributed by atoms with van der Waals surface area (Å²) in [6, 6.07) is 0. The van der Waals surface area contributed by atoms with Crippen LogP contribution in [0.15, 0.2) is 11.1 Å². The lowest BCUT2D eigenvalue weighted by atomic mass is 10.5. The first kappa shape index (κ1) is 6.70. The van der Waals surface area contributed by atoms with Crippen molar-refractivity contribution in [2.45, 2.75) is 0 Å². The van der Waals surface area contributed by atoms with Crippen LogP contribution < -0.4 is 0 Å². The van der Waals surface area contributed by atoms with Gasteiger partial charge in [0.1, 0.15) is 0 Å². The molecular weight excluding hydrogens is 208 g/mol. The highest BCUT2D eigenvalue weighted by molar-refractivity contribution is 9.12. The van der Waals surface area contributed by atoms with Crippen molar-refractivity contribution in [3.05, 3.63) is 17.5 Å². The Morgan fingerprint density at radius 2 is 2.33 bits per heavy atom. The molecule has 0 unspecified atom stereocenters. The average molecular weight is 213 g/mol. The fourth-order valence-corrected chi connectivity index (χ4v) is 1.07. The van der Waals surface area contributed by atoms with Crippen molar-refractivity contribution in [1.82, 2.24) is 0 Å². The van der Waals surface area contributed by atoms with E-state index in [1.54, 1.807) is 0 Å². The van der Waals surface area contributed by atoms with Crippen LogP contribution in [0.5, 0.6) is 0 Å². The Balaban J connectivity index is 2.83. The van der Waals surface area contributed by atoms with Crippen LogP contribution in [0.4, 0.5) is 0 Å². The van der Waals surface area contributed by atoms with Crippen LogP contribution in [0.25, 0.3) is 0 Å². The minimum Gasteiger partial charge on any atom is -0.0921 e. The Kier molecular flexibility index (Phi) is 4.33. The van der Waals surface area contributed by atoms with E-state index in [4.69, 9.17) is 0 Å². The first-order chi connectivity index (χ1) is 2.77. The topological polar surface area (TPSA) is 0 Å². The van der Waals surface area contributed by atoms with Gasteiger partial charge in [-0.25, -0.2) is 0 Å². The largest absolute Gasteiger partial charge is 0.0921 e. The maximum atomic E-state index is 3.58. The van der Waals surface area contributed by atoms with Crippen LogP contribution in [0.2, 0.25) is 0 Å². The van der Waals surface area contributed by atoms with Gasteiger partial charge in [0, 0.05) is 11.8 Å². The summed E-state index contributed by atoms with van der Waals surface area (Å²) in [7, 11) is 0. The van der Waals surface area contributed by atoms with Crippen molar-refractivity contribution >= 4 is 31.9 Å². The summed E-state index contributed by atoms with van der Waals surface area (Å²) in [5, 5.41) is 0.872. The van der Waals surface area contributed by atoms with Crippen molar-refractivity contribution < 1.29 is 0 Å². The normalized spacial score (nSPS) is 8.33. The van der Waals surface area contributed by atoms with E-state index in [-0.39, 0.29) is 0 Å². The third-order valence-electron chi connectivity index (χ3n) is 0.299. The van der Waals surface area contributed by atoms with Crippen molar-refractivity contribution in [3.63, 3.8) is 0 Å². The van der Waals surface area contributed by atoms with Gasteiger partial charge in [-0.05, 0) is 4.48 Å². The van der Waals surface area contributed by atoms with Crippen LogP contribution in [0.1, 0.15) is 0 Å². The molecule has 0 aromatic carbocycles. The summed E-state index contributed by atoms with van der Waals surface area (Å²) in [5.41, 5.74) is 0. The number of hydrogen-bond acceptors (Lipinski definition) is 0. The van der Waals surface area contributed by atoms with Crippen molar-refractivity contribution in [2.75, 3.05) is 5.33 Å². The lowest BCUT2D eigenvalue weighted by Crippen LogP contribution is -1.69. The smallest absolute Gasteiger partial charge is 0.0111 e. The molecule has 0 fully saturated rings. The van der Waals surface area contributed by atoms with Gasteiger partial charge < -0.3 is 0 Å². The number of alkyl halides is 1. The highest BCUT2D eigenvalue weighted by Gasteiger charge is 1.80. The van der Waals surface area contributed by atoms with Gasteiger partial charge in [0.15, 0.2) is 0 Å². The minimum absolute atomic E-state index is 0.872. The Hall–Kier alpha value is 0.700. The van der Waals surface area contributed by atoms with Gasteiger partial charge in [-0.15, -0.1) is 0 Å². The maximum absolute atomic E-state index is 3.58. The lowest BCUT2D eigenvalue weighted by Gasteiger charge is -1.82. The molecule has 0 heterocycles. The molecule has 0 saturated heterocycles. The van der Waals surface area contributed by atoms with Gasteiger partial charge in [-0.3, -0.25) is 0 Å². The highest BCUT2D eigenvalue weighted by atomic mass is 79.9. The highest BCUT2D eigenvalue weighted by Crippen LogP contribution is 2.05. The first-order valence-electron chi connectivity index (χ1n) is 1.51. The molecule has 0 nitrogen and oxygen atoms in total. The molecule has 0 spiro atoms. The molecule has 0 N–H and O–H groups in total. The molecule has 0 amide bonds. The van der Waals surface area contributed by atoms with E-state index in [0.29, 0.717) is 0 Å². The molecule has 2 heteroatoms. The molecule has 6 heavy (non-hydrogen) atoms. The quantitative estimate of drug-likeness (QED) is 0.618. The molecule has 0 rings (SSSR count). The molecule has 0 aliphatic carbocycles. The van der Waals surface area contributed by atoms with Crippen LogP contribution in [-0.4, -0.2) is 5.33 Å². The van der Waals surface area contributed by atoms with Crippen molar-refractivity contribution in [3.8, 4) is 0 Å². The molecule has 0 aliphatic heterocycles. The zero-order chi connectivity index (χ0) is 4.99. The second-order valence-electron chi connectivity index (χ2n) is 0.805. The number of rotatable bonds is 2. The van der Waals surface area contributed by atoms with E-state index < -0.39 is 0 Å². The van der Waals surface area contributed by atoms with E-state index in [1.807, 2.05) is 6.42 Å². The fraction of sp³-hybridized carbons (Fsp3) is 0.250. The van der Waals surface area contributed by atoms with Gasteiger partial charge >= 0.3 is 0 Å². The fourth-order valence-electron chi connectivity index (χ4n) is 0.0837. The molecule has 0 aromatic rings. The molecule has 0 saturated carbocycles. The Bertz CT molecular complexity index is 49.5. The monoisotopic (exact) mass is 211 g/mol. The summed E-state index contributed by atoms with van der Waals surface area (Å²) in [6.07, 6.45) is 1.93. The summed E-state index contributed by atoms with van der Waals surface area (Å²) in [5.74, 6) is 0. The summed E-state index contributed by atoms with van der Waals surface area (Å²) in [4.78, 5) is 0. The van der Waals surface area contributed by atoms with Crippen molar-refractivity contribution in [1.29, 1.82) is 0 Å².